The van der Waals surface area contributed by atoms with Crippen LogP contribution in [0.5, 0.6) is 0 Å². The summed E-state index contributed by atoms with van der Waals surface area (Å²) in [5, 5.41) is 11.2. The van der Waals surface area contributed by atoms with Crippen molar-refractivity contribution in [2.24, 2.45) is 0 Å². The smallest absolute Gasteiger partial charge is 0.113 e. The fraction of sp³-hybridized carbons (Fsp3) is 0.0909. The van der Waals surface area contributed by atoms with Gasteiger partial charge in [0.1, 0.15) is 5.60 Å². The van der Waals surface area contributed by atoms with Crippen LogP contribution in [0, 0.1) is 0 Å². The number of nitrogens with two attached hydrogens (primary N) is 2. The second kappa shape index (κ2) is 6.83. The minimum Gasteiger partial charge on any atom is -0.399 e. The minimum atomic E-state index is -1.21. The zero-order chi connectivity index (χ0) is 17.9. The molecule has 0 aromatic heterocycles. The summed E-state index contributed by atoms with van der Waals surface area (Å²) in [6.45, 7) is 1.76. The van der Waals surface area contributed by atoms with Crippen LogP contribution in [0.15, 0.2) is 72.8 Å². The Bertz CT molecular complexity index is 885. The number of anilines is 2. The molecule has 0 bridgehead atoms. The van der Waals surface area contributed by atoms with Gasteiger partial charge in [0.15, 0.2) is 0 Å². The highest BCUT2D eigenvalue weighted by Gasteiger charge is 2.28. The molecule has 0 saturated carbocycles. The number of hydrogen-bond acceptors (Lipinski definition) is 3. The number of hydrogen-bond donors (Lipinski definition) is 3. The molecular weight excluding hydrogens is 308 g/mol. The third kappa shape index (κ3) is 3.57. The Labute approximate surface area is 148 Å². The molecule has 0 aliphatic rings. The van der Waals surface area contributed by atoms with E-state index in [1.807, 2.05) is 72.8 Å². The van der Waals surface area contributed by atoms with Gasteiger partial charge < -0.3 is 16.6 Å². The van der Waals surface area contributed by atoms with E-state index in [4.69, 9.17) is 11.5 Å². The summed E-state index contributed by atoms with van der Waals surface area (Å²) < 4.78 is 0. The van der Waals surface area contributed by atoms with Crippen LogP contribution in [0.2, 0.25) is 0 Å². The molecule has 5 N–H and O–H groups in total. The molecule has 1 unspecified atom stereocenters. The van der Waals surface area contributed by atoms with Crippen molar-refractivity contribution in [3.8, 4) is 0 Å². The van der Waals surface area contributed by atoms with Crippen LogP contribution in [0.4, 0.5) is 11.4 Å². The van der Waals surface area contributed by atoms with Gasteiger partial charge in [0.25, 0.3) is 0 Å². The lowest BCUT2D eigenvalue weighted by molar-refractivity contribution is 0.102. The maximum Gasteiger partial charge on any atom is 0.113 e. The topological polar surface area (TPSA) is 72.3 Å². The molecule has 25 heavy (non-hydrogen) atoms. The molecular formula is C22H22N2O. The van der Waals surface area contributed by atoms with E-state index in [1.165, 1.54) is 0 Å². The van der Waals surface area contributed by atoms with Crippen LogP contribution in [0.25, 0.3) is 12.2 Å². The molecule has 0 fully saturated rings. The van der Waals surface area contributed by atoms with Crippen molar-refractivity contribution in [1.82, 2.24) is 0 Å². The van der Waals surface area contributed by atoms with Crippen LogP contribution in [-0.2, 0) is 5.60 Å². The SMILES string of the molecule is CC(O)(c1ccccc1)c1cc(N)cc(N)c1C=Cc1ccccc1. The predicted molar refractivity (Wildman–Crippen MR) is 106 cm³/mol. The molecule has 1 atom stereocenters. The molecule has 0 aliphatic carbocycles. The third-order valence-corrected chi connectivity index (χ3v) is 4.34. The fourth-order valence-electron chi connectivity index (χ4n) is 2.95. The normalized spacial score (nSPS) is 13.7. The molecule has 3 aromatic carbocycles. The Morgan fingerprint density at radius 1 is 0.840 bits per heavy atom. The van der Waals surface area contributed by atoms with Gasteiger partial charge in [0, 0.05) is 16.9 Å². The molecule has 126 valence electrons. The van der Waals surface area contributed by atoms with E-state index in [0.717, 1.165) is 16.7 Å². The van der Waals surface area contributed by atoms with Crippen LogP contribution in [-0.4, -0.2) is 5.11 Å². The Kier molecular flexibility index (Phi) is 4.59. The van der Waals surface area contributed by atoms with E-state index in [1.54, 1.807) is 19.1 Å². The van der Waals surface area contributed by atoms with E-state index in [0.29, 0.717) is 16.9 Å². The van der Waals surface area contributed by atoms with Crippen molar-refractivity contribution in [3.05, 3.63) is 95.1 Å². The van der Waals surface area contributed by atoms with Crippen LogP contribution >= 0.6 is 0 Å². The van der Waals surface area contributed by atoms with E-state index in [2.05, 4.69) is 0 Å². The Morgan fingerprint density at radius 3 is 2.08 bits per heavy atom. The lowest BCUT2D eigenvalue weighted by Gasteiger charge is -2.27. The van der Waals surface area contributed by atoms with Crippen LogP contribution in [0.1, 0.15) is 29.2 Å². The number of aliphatic hydroxyl groups is 1. The molecule has 0 aliphatic heterocycles. The monoisotopic (exact) mass is 330 g/mol. The molecule has 0 amide bonds. The zero-order valence-corrected chi connectivity index (χ0v) is 14.2. The number of nitrogen functional groups attached to an aromatic ring is 2. The van der Waals surface area contributed by atoms with Crippen molar-refractivity contribution < 1.29 is 5.11 Å². The average Bonchev–Trinajstić information content (AvgIpc) is 2.62. The van der Waals surface area contributed by atoms with Gasteiger partial charge in [0.05, 0.1) is 0 Å². The lowest BCUT2D eigenvalue weighted by atomic mass is 9.84. The van der Waals surface area contributed by atoms with E-state index in [-0.39, 0.29) is 0 Å². The molecule has 3 heteroatoms. The van der Waals surface area contributed by atoms with Gasteiger partial charge in [-0.05, 0) is 35.7 Å². The Hall–Kier alpha value is -3.04. The van der Waals surface area contributed by atoms with Gasteiger partial charge in [-0.1, -0.05) is 72.8 Å². The fourth-order valence-corrected chi connectivity index (χ4v) is 2.95. The highest BCUT2D eigenvalue weighted by atomic mass is 16.3. The van der Waals surface area contributed by atoms with Gasteiger partial charge >= 0.3 is 0 Å². The van der Waals surface area contributed by atoms with Crippen LogP contribution in [0.3, 0.4) is 0 Å². The first-order valence-electron chi connectivity index (χ1n) is 8.19. The minimum absolute atomic E-state index is 0.528. The Balaban J connectivity index is 2.12. The zero-order valence-electron chi connectivity index (χ0n) is 14.2. The van der Waals surface area contributed by atoms with Gasteiger partial charge in [-0.25, -0.2) is 0 Å². The first-order chi connectivity index (χ1) is 12.0. The highest BCUT2D eigenvalue weighted by molar-refractivity contribution is 5.80. The molecule has 3 nitrogen and oxygen atoms in total. The molecule has 0 radical (unpaired) electrons. The second-order valence-corrected chi connectivity index (χ2v) is 6.25. The third-order valence-electron chi connectivity index (χ3n) is 4.34. The first-order valence-corrected chi connectivity index (χ1v) is 8.19. The first kappa shape index (κ1) is 16.8. The summed E-state index contributed by atoms with van der Waals surface area (Å²) in [5.74, 6) is 0. The summed E-state index contributed by atoms with van der Waals surface area (Å²) in [5.41, 5.74) is 15.4. The van der Waals surface area contributed by atoms with Crippen molar-refractivity contribution in [1.29, 1.82) is 0 Å². The largest absolute Gasteiger partial charge is 0.399 e. The molecule has 3 aromatic rings. The average molecular weight is 330 g/mol. The van der Waals surface area contributed by atoms with E-state index in [9.17, 15) is 5.11 Å². The summed E-state index contributed by atoms with van der Waals surface area (Å²) in [6.07, 6.45) is 3.91. The van der Waals surface area contributed by atoms with Crippen LogP contribution < -0.4 is 11.5 Å². The van der Waals surface area contributed by atoms with Gasteiger partial charge in [-0.3, -0.25) is 0 Å². The second-order valence-electron chi connectivity index (χ2n) is 6.25. The van der Waals surface area contributed by atoms with Crippen molar-refractivity contribution in [3.63, 3.8) is 0 Å². The predicted octanol–water partition coefficient (Wildman–Crippen LogP) is 4.28. The molecule has 0 spiro atoms. The van der Waals surface area contributed by atoms with Crippen molar-refractivity contribution in [2.45, 2.75) is 12.5 Å². The van der Waals surface area contributed by atoms with Gasteiger partial charge in [0.2, 0.25) is 0 Å². The quantitative estimate of drug-likeness (QED) is 0.494. The number of rotatable bonds is 4. The van der Waals surface area contributed by atoms with Gasteiger partial charge in [-0.15, -0.1) is 0 Å². The molecule has 0 saturated heterocycles. The van der Waals surface area contributed by atoms with Crippen molar-refractivity contribution >= 4 is 23.5 Å². The maximum atomic E-state index is 11.2. The van der Waals surface area contributed by atoms with E-state index < -0.39 is 5.60 Å². The van der Waals surface area contributed by atoms with Crippen molar-refractivity contribution in [2.75, 3.05) is 11.5 Å². The molecule has 3 rings (SSSR count). The highest BCUT2D eigenvalue weighted by Crippen LogP contribution is 2.36. The summed E-state index contributed by atoms with van der Waals surface area (Å²) in [4.78, 5) is 0. The van der Waals surface area contributed by atoms with Gasteiger partial charge in [-0.2, -0.15) is 0 Å². The summed E-state index contributed by atoms with van der Waals surface area (Å²) >= 11 is 0. The lowest BCUT2D eigenvalue weighted by Crippen LogP contribution is -2.24. The Morgan fingerprint density at radius 2 is 1.44 bits per heavy atom. The van der Waals surface area contributed by atoms with E-state index >= 15 is 0 Å². The molecule has 0 heterocycles. The summed E-state index contributed by atoms with van der Waals surface area (Å²) in [7, 11) is 0. The number of benzene rings is 3. The maximum absolute atomic E-state index is 11.2. The standard InChI is InChI=1S/C22H22N2O/c1-22(25,17-10-6-3-7-11-17)20-14-18(23)15-21(24)19(20)13-12-16-8-4-2-5-9-16/h2-15,25H,23-24H2,1H3. The summed E-state index contributed by atoms with van der Waals surface area (Å²) in [6, 6.07) is 23.0.